The zero-order chi connectivity index (χ0) is 15.5. The minimum Gasteiger partial charge on any atom is -0.497 e. The van der Waals surface area contributed by atoms with E-state index in [1.807, 2.05) is 12.1 Å². The first-order valence-corrected chi connectivity index (χ1v) is 7.82. The summed E-state index contributed by atoms with van der Waals surface area (Å²) in [6.45, 7) is 2.23. The molecule has 22 heavy (non-hydrogen) atoms. The molecular weight excluding hydrogens is 274 g/mol. The molecule has 0 amide bonds. The number of hydrogen-bond donors (Lipinski definition) is 1. The van der Waals surface area contributed by atoms with Crippen molar-refractivity contribution in [3.63, 3.8) is 0 Å². The van der Waals surface area contributed by atoms with Gasteiger partial charge in [0.15, 0.2) is 0 Å². The summed E-state index contributed by atoms with van der Waals surface area (Å²) in [5, 5.41) is 3.77. The van der Waals surface area contributed by atoms with Crippen molar-refractivity contribution in [3.8, 4) is 11.5 Å². The lowest BCUT2D eigenvalue weighted by molar-refractivity contribution is 0.401. The summed E-state index contributed by atoms with van der Waals surface area (Å²) >= 11 is 0. The minimum atomic E-state index is 0.180. The van der Waals surface area contributed by atoms with Crippen LogP contribution < -0.4 is 14.8 Å². The third kappa shape index (κ3) is 2.81. The molecule has 0 saturated heterocycles. The largest absolute Gasteiger partial charge is 0.497 e. The van der Waals surface area contributed by atoms with E-state index >= 15 is 0 Å². The zero-order valence-corrected chi connectivity index (χ0v) is 13.4. The second-order valence-corrected chi connectivity index (χ2v) is 5.75. The van der Waals surface area contributed by atoms with Gasteiger partial charge in [0.2, 0.25) is 0 Å². The summed E-state index contributed by atoms with van der Waals surface area (Å²) in [6.07, 6.45) is 2.18. The van der Waals surface area contributed by atoms with E-state index in [9.17, 15) is 0 Å². The maximum absolute atomic E-state index is 5.41. The Balaban J connectivity index is 2.06. The van der Waals surface area contributed by atoms with E-state index < -0.39 is 0 Å². The Labute approximate surface area is 132 Å². The van der Waals surface area contributed by atoms with Crippen molar-refractivity contribution >= 4 is 0 Å². The molecule has 1 N–H and O–H groups in total. The highest BCUT2D eigenvalue weighted by molar-refractivity contribution is 5.45. The number of hydrogen-bond acceptors (Lipinski definition) is 3. The molecule has 0 spiro atoms. The highest BCUT2D eigenvalue weighted by Gasteiger charge is 2.27. The van der Waals surface area contributed by atoms with Crippen LogP contribution in [0.15, 0.2) is 42.5 Å². The molecule has 3 nitrogen and oxygen atoms in total. The van der Waals surface area contributed by atoms with Crippen molar-refractivity contribution in [1.82, 2.24) is 5.32 Å². The summed E-state index contributed by atoms with van der Waals surface area (Å²) in [6, 6.07) is 15.4. The molecule has 2 aromatic rings. The van der Waals surface area contributed by atoms with E-state index in [0.29, 0.717) is 6.04 Å². The molecule has 2 atom stereocenters. The molecule has 2 aromatic carbocycles. The van der Waals surface area contributed by atoms with Crippen LogP contribution in [0, 0.1) is 0 Å². The van der Waals surface area contributed by atoms with Crippen LogP contribution in [0.5, 0.6) is 11.5 Å². The maximum Gasteiger partial charge on any atom is 0.119 e. The van der Waals surface area contributed by atoms with Crippen LogP contribution in [0.25, 0.3) is 0 Å². The molecular formula is C19H23NO2. The smallest absolute Gasteiger partial charge is 0.119 e. The van der Waals surface area contributed by atoms with Gasteiger partial charge in [-0.15, -0.1) is 0 Å². The van der Waals surface area contributed by atoms with Gasteiger partial charge in [-0.25, -0.2) is 0 Å². The van der Waals surface area contributed by atoms with Gasteiger partial charge in [0.25, 0.3) is 0 Å². The number of benzene rings is 2. The van der Waals surface area contributed by atoms with Gasteiger partial charge in [-0.3, -0.25) is 0 Å². The lowest BCUT2D eigenvalue weighted by Gasteiger charge is -2.33. The van der Waals surface area contributed by atoms with Crippen molar-refractivity contribution in [2.75, 3.05) is 14.2 Å². The van der Waals surface area contributed by atoms with Gasteiger partial charge in [0, 0.05) is 6.04 Å². The predicted molar refractivity (Wildman–Crippen MR) is 88.7 cm³/mol. The van der Waals surface area contributed by atoms with Crippen LogP contribution in [0.3, 0.4) is 0 Å². The van der Waals surface area contributed by atoms with Crippen molar-refractivity contribution in [2.45, 2.75) is 31.8 Å². The summed E-state index contributed by atoms with van der Waals surface area (Å²) < 4.78 is 10.8. The molecule has 2 unspecified atom stereocenters. The summed E-state index contributed by atoms with van der Waals surface area (Å²) in [4.78, 5) is 0. The second kappa shape index (κ2) is 6.41. The fourth-order valence-corrected chi connectivity index (χ4v) is 3.16. The van der Waals surface area contributed by atoms with Crippen LogP contribution in [0.1, 0.15) is 36.1 Å². The number of ether oxygens (including phenoxy) is 2. The Hall–Kier alpha value is -2.00. The molecule has 3 rings (SSSR count). The molecule has 1 aliphatic rings. The lowest BCUT2D eigenvalue weighted by atomic mass is 9.86. The summed E-state index contributed by atoms with van der Waals surface area (Å²) in [5.41, 5.74) is 3.93. The van der Waals surface area contributed by atoms with E-state index in [2.05, 4.69) is 42.6 Å². The van der Waals surface area contributed by atoms with E-state index in [-0.39, 0.29) is 6.04 Å². The Kier molecular flexibility index (Phi) is 4.34. The molecule has 0 fully saturated rings. The van der Waals surface area contributed by atoms with Gasteiger partial charge >= 0.3 is 0 Å². The Morgan fingerprint density at radius 2 is 1.82 bits per heavy atom. The van der Waals surface area contributed by atoms with Gasteiger partial charge < -0.3 is 14.8 Å². The number of methoxy groups -OCH3 is 2. The highest BCUT2D eigenvalue weighted by Crippen LogP contribution is 2.34. The minimum absolute atomic E-state index is 0.180. The fourth-order valence-electron chi connectivity index (χ4n) is 3.16. The van der Waals surface area contributed by atoms with Crippen LogP contribution in [0.4, 0.5) is 0 Å². The Morgan fingerprint density at radius 1 is 1.05 bits per heavy atom. The molecule has 0 aliphatic carbocycles. The van der Waals surface area contributed by atoms with E-state index in [1.165, 1.54) is 16.7 Å². The van der Waals surface area contributed by atoms with Gasteiger partial charge in [-0.1, -0.05) is 25.1 Å². The second-order valence-electron chi connectivity index (χ2n) is 5.75. The molecule has 116 valence electrons. The fraction of sp³-hybridized carbons (Fsp3) is 0.368. The average molecular weight is 297 g/mol. The SMILES string of the molecule is CCC1Cc2ccc(OC)cc2C(c2cccc(OC)c2)N1. The molecule has 1 heterocycles. The van der Waals surface area contributed by atoms with E-state index in [4.69, 9.17) is 9.47 Å². The third-order valence-electron chi connectivity index (χ3n) is 4.45. The predicted octanol–water partition coefficient (Wildman–Crippen LogP) is 3.72. The van der Waals surface area contributed by atoms with Gasteiger partial charge in [0.05, 0.1) is 20.3 Å². The van der Waals surface area contributed by atoms with Gasteiger partial charge in [0.1, 0.15) is 11.5 Å². The van der Waals surface area contributed by atoms with E-state index in [0.717, 1.165) is 24.3 Å². The molecule has 0 bridgehead atoms. The first kappa shape index (κ1) is 14.9. The van der Waals surface area contributed by atoms with Crippen LogP contribution in [-0.4, -0.2) is 20.3 Å². The van der Waals surface area contributed by atoms with Gasteiger partial charge in [-0.2, -0.15) is 0 Å². The van der Waals surface area contributed by atoms with Gasteiger partial charge in [-0.05, 0) is 53.8 Å². The van der Waals surface area contributed by atoms with Crippen LogP contribution >= 0.6 is 0 Å². The molecule has 3 heteroatoms. The summed E-state index contributed by atoms with van der Waals surface area (Å²) in [5.74, 6) is 1.80. The molecule has 1 aliphatic heterocycles. The Morgan fingerprint density at radius 3 is 2.55 bits per heavy atom. The zero-order valence-electron chi connectivity index (χ0n) is 13.4. The molecule has 0 saturated carbocycles. The number of rotatable bonds is 4. The van der Waals surface area contributed by atoms with E-state index in [1.54, 1.807) is 14.2 Å². The normalized spacial score (nSPS) is 20.3. The quantitative estimate of drug-likeness (QED) is 0.933. The van der Waals surface area contributed by atoms with Crippen LogP contribution in [0.2, 0.25) is 0 Å². The highest BCUT2D eigenvalue weighted by atomic mass is 16.5. The van der Waals surface area contributed by atoms with Crippen molar-refractivity contribution in [1.29, 1.82) is 0 Å². The third-order valence-corrected chi connectivity index (χ3v) is 4.45. The van der Waals surface area contributed by atoms with Crippen molar-refractivity contribution in [3.05, 3.63) is 59.2 Å². The first-order chi connectivity index (χ1) is 10.7. The lowest BCUT2D eigenvalue weighted by Crippen LogP contribution is -2.39. The topological polar surface area (TPSA) is 30.5 Å². The first-order valence-electron chi connectivity index (χ1n) is 7.82. The standard InChI is InChI=1S/C19H23NO2/c1-4-15-10-13-8-9-17(22-3)12-18(13)19(20-15)14-6-5-7-16(11-14)21-2/h5-9,11-12,15,19-20H,4,10H2,1-3H3. The Bertz CT molecular complexity index is 654. The molecule has 0 aromatic heterocycles. The van der Waals surface area contributed by atoms with Crippen molar-refractivity contribution < 1.29 is 9.47 Å². The summed E-state index contributed by atoms with van der Waals surface area (Å²) in [7, 11) is 3.42. The van der Waals surface area contributed by atoms with Crippen LogP contribution in [-0.2, 0) is 6.42 Å². The monoisotopic (exact) mass is 297 g/mol. The number of nitrogens with one attached hydrogen (secondary N) is 1. The number of fused-ring (bicyclic) bond motifs is 1. The molecule has 0 radical (unpaired) electrons. The maximum atomic E-state index is 5.41. The van der Waals surface area contributed by atoms with Crippen molar-refractivity contribution in [2.24, 2.45) is 0 Å². The average Bonchev–Trinajstić information content (AvgIpc) is 2.60.